The maximum Gasteiger partial charge on any atom is 0.471 e. The maximum absolute atomic E-state index is 12.6. The summed E-state index contributed by atoms with van der Waals surface area (Å²) < 4.78 is 44.2. The first-order valence-electron chi connectivity index (χ1n) is 8.42. The Balaban J connectivity index is 1.55. The summed E-state index contributed by atoms with van der Waals surface area (Å²) in [6.45, 7) is 2.42. The Kier molecular flexibility index (Phi) is 4.97. The average molecular weight is 419 g/mol. The first-order valence-corrected chi connectivity index (χ1v) is 9.24. The topological polar surface area (TPSA) is 80.6 Å². The van der Waals surface area contributed by atoms with Gasteiger partial charge in [-0.2, -0.15) is 18.2 Å². The Morgan fingerprint density at radius 3 is 2.83 bits per heavy atom. The van der Waals surface area contributed by atoms with E-state index in [1.165, 1.54) is 11.3 Å². The summed E-state index contributed by atoms with van der Waals surface area (Å²) in [5.41, 5.74) is 0.985. The summed E-state index contributed by atoms with van der Waals surface area (Å²) >= 11 is 1.29. The third-order valence-corrected chi connectivity index (χ3v) is 5.04. The molecule has 0 saturated heterocycles. The van der Waals surface area contributed by atoms with Crippen molar-refractivity contribution in [2.45, 2.75) is 19.6 Å². The van der Waals surface area contributed by atoms with Gasteiger partial charge in [0.15, 0.2) is 0 Å². The van der Waals surface area contributed by atoms with Crippen LogP contribution in [-0.4, -0.2) is 20.1 Å². The monoisotopic (exact) mass is 419 g/mol. The summed E-state index contributed by atoms with van der Waals surface area (Å²) in [6, 6.07) is 7.28. The van der Waals surface area contributed by atoms with E-state index in [1.54, 1.807) is 30.9 Å². The van der Waals surface area contributed by atoms with Gasteiger partial charge >= 0.3 is 12.1 Å². The molecule has 0 atom stereocenters. The van der Waals surface area contributed by atoms with Crippen molar-refractivity contribution >= 4 is 23.0 Å². The molecule has 0 aromatic carbocycles. The van der Waals surface area contributed by atoms with E-state index in [2.05, 4.69) is 29.9 Å². The summed E-state index contributed by atoms with van der Waals surface area (Å²) in [7, 11) is 0. The lowest BCUT2D eigenvalue weighted by molar-refractivity contribution is -0.674. The van der Waals surface area contributed by atoms with Gasteiger partial charge in [-0.25, -0.2) is 14.9 Å². The van der Waals surface area contributed by atoms with Crippen molar-refractivity contribution in [3.8, 4) is 10.7 Å². The minimum atomic E-state index is -4.66. The number of nitrogens with one attached hydrogen (secondary N) is 1. The molecule has 0 spiro atoms. The number of nitrogens with zero attached hydrogens (tertiary/aromatic N) is 5. The molecular weight excluding hydrogens is 405 g/mol. The van der Waals surface area contributed by atoms with Crippen molar-refractivity contribution in [2.24, 2.45) is 0 Å². The van der Waals surface area contributed by atoms with E-state index in [9.17, 15) is 13.2 Å². The Labute approximate surface area is 166 Å². The van der Waals surface area contributed by atoms with Crippen LogP contribution in [0.3, 0.4) is 0 Å². The van der Waals surface area contributed by atoms with Gasteiger partial charge in [-0.3, -0.25) is 4.98 Å². The zero-order valence-electron chi connectivity index (χ0n) is 15.0. The lowest BCUT2D eigenvalue weighted by Gasteiger charge is -2.06. The molecule has 7 nitrogen and oxygen atoms in total. The minimum Gasteiger partial charge on any atom is -0.329 e. The van der Waals surface area contributed by atoms with Crippen LogP contribution in [0.2, 0.25) is 0 Å². The minimum absolute atomic E-state index is 0.0873. The van der Waals surface area contributed by atoms with Gasteiger partial charge in [0.1, 0.15) is 18.9 Å². The second-order valence-electron chi connectivity index (χ2n) is 6.07. The molecule has 1 N–H and O–H groups in total. The molecule has 4 aromatic rings. The Morgan fingerprint density at radius 1 is 1.21 bits per heavy atom. The lowest BCUT2D eigenvalue weighted by Crippen LogP contribution is -2.36. The molecule has 0 radical (unpaired) electrons. The average Bonchev–Trinajstić information content (AvgIpc) is 3.34. The standard InChI is InChI=1S/C18H13F3N6OS/c1-11-3-2-6-23-15(11)24-14-9-22-7-8-27(14)10-12-4-5-13(29-12)16-25-17(28-26-16)18(19,20)21/h2-9H,10H2,1H3/p+1. The molecule has 0 amide bonds. The largest absolute Gasteiger partial charge is 0.471 e. The number of halogens is 3. The van der Waals surface area contributed by atoms with Gasteiger partial charge in [0.25, 0.3) is 5.82 Å². The van der Waals surface area contributed by atoms with Crippen molar-refractivity contribution in [1.82, 2.24) is 20.1 Å². The van der Waals surface area contributed by atoms with Crippen LogP contribution < -0.4 is 9.88 Å². The number of pyridine rings is 1. The quantitative estimate of drug-likeness (QED) is 0.493. The summed E-state index contributed by atoms with van der Waals surface area (Å²) in [5.74, 6) is -0.00490. The molecule has 11 heteroatoms. The van der Waals surface area contributed by atoms with Crippen molar-refractivity contribution in [2.75, 3.05) is 5.32 Å². The van der Waals surface area contributed by atoms with Crippen molar-refractivity contribution < 1.29 is 22.3 Å². The molecular formula is C18H14F3N6OS+. The second-order valence-corrected chi connectivity index (χ2v) is 7.24. The van der Waals surface area contributed by atoms with Crippen LogP contribution >= 0.6 is 11.3 Å². The molecule has 0 unspecified atom stereocenters. The van der Waals surface area contributed by atoms with Gasteiger partial charge < -0.3 is 4.52 Å². The fraction of sp³-hybridized carbons (Fsp3) is 0.167. The SMILES string of the molecule is Cc1cccnc1Nc1cncc[n+]1Cc1ccc(-c2noc(C(F)(F)F)n2)s1. The van der Waals surface area contributed by atoms with Crippen LogP contribution in [0.15, 0.2) is 53.6 Å². The molecule has 0 aliphatic heterocycles. The Morgan fingerprint density at radius 2 is 2.07 bits per heavy atom. The van der Waals surface area contributed by atoms with Crippen molar-refractivity contribution in [3.05, 3.63) is 65.4 Å². The number of aryl methyl sites for hydroxylation is 1. The number of aromatic nitrogens is 5. The molecule has 0 bridgehead atoms. The molecule has 0 saturated carbocycles. The zero-order valence-corrected chi connectivity index (χ0v) is 15.8. The van der Waals surface area contributed by atoms with E-state index in [-0.39, 0.29) is 5.82 Å². The first kappa shape index (κ1) is 19.0. The van der Waals surface area contributed by atoms with Crippen molar-refractivity contribution in [3.63, 3.8) is 0 Å². The van der Waals surface area contributed by atoms with E-state index in [4.69, 9.17) is 0 Å². The molecule has 0 fully saturated rings. The van der Waals surface area contributed by atoms with Crippen LogP contribution in [0.4, 0.5) is 24.8 Å². The number of anilines is 2. The predicted molar refractivity (Wildman–Crippen MR) is 98.4 cm³/mol. The molecule has 148 valence electrons. The fourth-order valence-electron chi connectivity index (χ4n) is 2.56. The van der Waals surface area contributed by atoms with E-state index in [1.807, 2.05) is 29.7 Å². The molecule has 29 heavy (non-hydrogen) atoms. The number of alkyl halides is 3. The van der Waals surface area contributed by atoms with Crippen LogP contribution in [0.5, 0.6) is 0 Å². The van der Waals surface area contributed by atoms with Crippen LogP contribution in [0, 0.1) is 6.92 Å². The second kappa shape index (κ2) is 7.59. The normalized spacial score (nSPS) is 11.6. The smallest absolute Gasteiger partial charge is 0.329 e. The number of hydrogen-bond donors (Lipinski definition) is 1. The van der Waals surface area contributed by atoms with Gasteiger partial charge in [0.2, 0.25) is 11.6 Å². The lowest BCUT2D eigenvalue weighted by atomic mass is 10.3. The predicted octanol–water partition coefficient (Wildman–Crippen LogP) is 3.99. The van der Waals surface area contributed by atoms with Crippen LogP contribution in [0.1, 0.15) is 16.3 Å². The first-order chi connectivity index (χ1) is 13.9. The van der Waals surface area contributed by atoms with E-state index < -0.39 is 12.1 Å². The molecule has 0 aliphatic carbocycles. The highest BCUT2D eigenvalue weighted by molar-refractivity contribution is 7.15. The molecule has 4 aromatic heterocycles. The van der Waals surface area contributed by atoms with Crippen LogP contribution in [0.25, 0.3) is 10.7 Å². The highest BCUT2D eigenvalue weighted by Gasteiger charge is 2.38. The van der Waals surface area contributed by atoms with Crippen LogP contribution in [-0.2, 0) is 12.7 Å². The van der Waals surface area contributed by atoms with Crippen molar-refractivity contribution in [1.29, 1.82) is 0 Å². The summed E-state index contributed by atoms with van der Waals surface area (Å²) in [6.07, 6.45) is 2.16. The Hall–Kier alpha value is -3.34. The highest BCUT2D eigenvalue weighted by Crippen LogP contribution is 2.31. The Bertz CT molecular complexity index is 1140. The maximum atomic E-state index is 12.6. The third-order valence-electron chi connectivity index (χ3n) is 3.97. The molecule has 4 heterocycles. The van der Waals surface area contributed by atoms with E-state index in [0.29, 0.717) is 17.2 Å². The number of thiophene rings is 1. The molecule has 0 aliphatic rings. The summed E-state index contributed by atoms with van der Waals surface area (Å²) in [4.78, 5) is 13.3. The summed E-state index contributed by atoms with van der Waals surface area (Å²) in [5, 5.41) is 6.67. The molecule has 4 rings (SSSR count). The van der Waals surface area contributed by atoms with E-state index in [0.717, 1.165) is 16.3 Å². The van der Waals surface area contributed by atoms with Gasteiger partial charge in [0, 0.05) is 16.6 Å². The van der Waals surface area contributed by atoms with Gasteiger partial charge in [-0.05, 0) is 25.1 Å². The van der Waals surface area contributed by atoms with Gasteiger partial charge in [-0.1, -0.05) is 11.2 Å². The highest BCUT2D eigenvalue weighted by atomic mass is 32.1. The van der Waals surface area contributed by atoms with E-state index >= 15 is 0 Å². The number of rotatable bonds is 5. The third kappa shape index (κ3) is 4.24. The zero-order chi connectivity index (χ0) is 20.4. The fourth-order valence-corrected chi connectivity index (χ4v) is 3.49. The van der Waals surface area contributed by atoms with Gasteiger partial charge in [0.05, 0.1) is 11.1 Å². The number of hydrogen-bond acceptors (Lipinski definition) is 7. The van der Waals surface area contributed by atoms with Gasteiger partial charge in [-0.15, -0.1) is 11.3 Å².